The molecule has 1 aromatic rings. The van der Waals surface area contributed by atoms with Crippen molar-refractivity contribution in [2.45, 2.75) is 20.4 Å². The minimum absolute atomic E-state index is 0.631. The minimum Gasteiger partial charge on any atom is -0.383 e. The Hall–Kier alpha value is -1.20. The Morgan fingerprint density at radius 3 is 2.61 bits per heavy atom. The van der Waals surface area contributed by atoms with Crippen molar-refractivity contribution in [1.29, 1.82) is 0 Å². The highest BCUT2D eigenvalue weighted by atomic mass is 16.5. The summed E-state index contributed by atoms with van der Waals surface area (Å²) in [5, 5.41) is 2.97. The fraction of sp³-hybridized carbons (Fsp3) is 0.692. The van der Waals surface area contributed by atoms with E-state index in [9.17, 15) is 0 Å². The molecule has 102 valence electrons. The SMILES string of the molecule is CNc1cnc(CN(CCOC)CC(C)C)cn1. The van der Waals surface area contributed by atoms with Crippen LogP contribution in [0, 0.1) is 5.92 Å². The van der Waals surface area contributed by atoms with E-state index in [0.717, 1.165) is 37.8 Å². The molecule has 0 aliphatic rings. The molecule has 0 aliphatic carbocycles. The third-order valence-electron chi connectivity index (χ3n) is 2.58. The fourth-order valence-corrected chi connectivity index (χ4v) is 1.77. The van der Waals surface area contributed by atoms with Gasteiger partial charge < -0.3 is 10.1 Å². The zero-order chi connectivity index (χ0) is 13.4. The lowest BCUT2D eigenvalue weighted by molar-refractivity contribution is 0.135. The van der Waals surface area contributed by atoms with E-state index < -0.39 is 0 Å². The Kier molecular flexibility index (Phi) is 6.60. The second kappa shape index (κ2) is 8.00. The molecule has 0 saturated carbocycles. The molecular weight excluding hydrogens is 228 g/mol. The molecule has 0 saturated heterocycles. The number of hydrogen-bond donors (Lipinski definition) is 1. The number of methoxy groups -OCH3 is 1. The molecule has 0 radical (unpaired) electrons. The molecule has 0 bridgehead atoms. The molecule has 5 nitrogen and oxygen atoms in total. The molecule has 1 N–H and O–H groups in total. The van der Waals surface area contributed by atoms with Crippen LogP contribution in [0.3, 0.4) is 0 Å². The second-order valence-electron chi connectivity index (χ2n) is 4.76. The molecule has 0 amide bonds. The van der Waals surface area contributed by atoms with Crippen LogP contribution in [0.25, 0.3) is 0 Å². The molecule has 0 aliphatic heterocycles. The summed E-state index contributed by atoms with van der Waals surface area (Å²) in [6.45, 7) is 7.96. The molecule has 0 aromatic carbocycles. The van der Waals surface area contributed by atoms with E-state index in [4.69, 9.17) is 4.74 Å². The predicted octanol–water partition coefficient (Wildman–Crippen LogP) is 1.62. The summed E-state index contributed by atoms with van der Waals surface area (Å²) in [7, 11) is 3.57. The van der Waals surface area contributed by atoms with Crippen LogP contribution in [0.15, 0.2) is 12.4 Å². The standard InChI is InChI=1S/C13H24N4O/c1-11(2)9-17(5-6-18-4)10-12-7-16-13(14-3)8-15-12/h7-8,11H,5-6,9-10H2,1-4H3,(H,14,16). The highest BCUT2D eigenvalue weighted by molar-refractivity contribution is 5.29. The average Bonchev–Trinajstić information content (AvgIpc) is 2.36. The van der Waals surface area contributed by atoms with Gasteiger partial charge in [-0.05, 0) is 5.92 Å². The lowest BCUT2D eigenvalue weighted by Crippen LogP contribution is -2.31. The van der Waals surface area contributed by atoms with Crippen molar-refractivity contribution >= 4 is 5.82 Å². The largest absolute Gasteiger partial charge is 0.383 e. The highest BCUT2D eigenvalue weighted by Gasteiger charge is 2.09. The maximum atomic E-state index is 5.14. The number of nitrogens with one attached hydrogen (secondary N) is 1. The van der Waals surface area contributed by atoms with Gasteiger partial charge in [-0.2, -0.15) is 0 Å². The van der Waals surface area contributed by atoms with Crippen LogP contribution in [-0.2, 0) is 11.3 Å². The third kappa shape index (κ3) is 5.42. The van der Waals surface area contributed by atoms with Gasteiger partial charge in [-0.15, -0.1) is 0 Å². The molecule has 0 atom stereocenters. The van der Waals surface area contributed by atoms with Crippen molar-refractivity contribution in [2.24, 2.45) is 5.92 Å². The maximum Gasteiger partial charge on any atom is 0.144 e. The number of hydrogen-bond acceptors (Lipinski definition) is 5. The lowest BCUT2D eigenvalue weighted by atomic mass is 10.2. The van der Waals surface area contributed by atoms with Gasteiger partial charge in [0, 0.05) is 33.8 Å². The van der Waals surface area contributed by atoms with Crippen LogP contribution in [0.2, 0.25) is 0 Å². The van der Waals surface area contributed by atoms with Crippen LogP contribution in [-0.4, -0.2) is 48.7 Å². The van der Waals surface area contributed by atoms with Gasteiger partial charge in [0.1, 0.15) is 5.82 Å². The van der Waals surface area contributed by atoms with E-state index in [0.29, 0.717) is 5.92 Å². The normalized spacial score (nSPS) is 11.2. The van der Waals surface area contributed by atoms with E-state index >= 15 is 0 Å². The van der Waals surface area contributed by atoms with Gasteiger partial charge in [0.05, 0.1) is 24.7 Å². The van der Waals surface area contributed by atoms with Gasteiger partial charge in [-0.25, -0.2) is 4.98 Å². The summed E-state index contributed by atoms with van der Waals surface area (Å²) in [5.74, 6) is 1.43. The zero-order valence-electron chi connectivity index (χ0n) is 11.8. The Morgan fingerprint density at radius 1 is 1.33 bits per heavy atom. The van der Waals surface area contributed by atoms with Crippen molar-refractivity contribution in [3.63, 3.8) is 0 Å². The maximum absolute atomic E-state index is 5.14. The number of ether oxygens (including phenoxy) is 1. The summed E-state index contributed by atoms with van der Waals surface area (Å²) in [5.41, 5.74) is 0.991. The average molecular weight is 252 g/mol. The van der Waals surface area contributed by atoms with Crippen molar-refractivity contribution in [1.82, 2.24) is 14.9 Å². The molecule has 18 heavy (non-hydrogen) atoms. The Balaban J connectivity index is 2.56. The monoisotopic (exact) mass is 252 g/mol. The van der Waals surface area contributed by atoms with Crippen molar-refractivity contribution < 1.29 is 4.74 Å². The number of rotatable bonds is 8. The van der Waals surface area contributed by atoms with E-state index in [1.54, 1.807) is 13.3 Å². The summed E-state index contributed by atoms with van der Waals surface area (Å²) in [6, 6.07) is 0. The third-order valence-corrected chi connectivity index (χ3v) is 2.58. The number of aromatic nitrogens is 2. The lowest BCUT2D eigenvalue weighted by Gasteiger charge is -2.23. The molecule has 0 spiro atoms. The Labute approximate surface area is 110 Å². The van der Waals surface area contributed by atoms with Crippen LogP contribution in [0.4, 0.5) is 5.82 Å². The van der Waals surface area contributed by atoms with Gasteiger partial charge >= 0.3 is 0 Å². The van der Waals surface area contributed by atoms with Crippen LogP contribution >= 0.6 is 0 Å². The molecule has 1 heterocycles. The first kappa shape index (κ1) is 14.9. The van der Waals surface area contributed by atoms with Crippen molar-refractivity contribution in [3.05, 3.63) is 18.1 Å². The summed E-state index contributed by atoms with van der Waals surface area (Å²) >= 11 is 0. The van der Waals surface area contributed by atoms with E-state index in [2.05, 4.69) is 34.0 Å². The quantitative estimate of drug-likeness (QED) is 0.762. The summed E-state index contributed by atoms with van der Waals surface area (Å²) in [6.07, 6.45) is 3.59. The van der Waals surface area contributed by atoms with Gasteiger partial charge in [0.15, 0.2) is 0 Å². The zero-order valence-corrected chi connectivity index (χ0v) is 11.8. The van der Waals surface area contributed by atoms with E-state index in [-0.39, 0.29) is 0 Å². The number of anilines is 1. The first-order valence-corrected chi connectivity index (χ1v) is 6.35. The van der Waals surface area contributed by atoms with Gasteiger partial charge in [0.2, 0.25) is 0 Å². The van der Waals surface area contributed by atoms with E-state index in [1.165, 1.54) is 0 Å². The molecule has 1 rings (SSSR count). The second-order valence-corrected chi connectivity index (χ2v) is 4.76. The molecular formula is C13H24N4O. The van der Waals surface area contributed by atoms with Crippen LogP contribution in [0.1, 0.15) is 19.5 Å². The van der Waals surface area contributed by atoms with E-state index in [1.807, 2.05) is 13.2 Å². The Morgan fingerprint density at radius 2 is 2.11 bits per heavy atom. The molecule has 5 heteroatoms. The highest BCUT2D eigenvalue weighted by Crippen LogP contribution is 2.06. The Bertz CT molecular complexity index is 326. The fourth-order valence-electron chi connectivity index (χ4n) is 1.77. The summed E-state index contributed by atoms with van der Waals surface area (Å²) in [4.78, 5) is 11.0. The smallest absolute Gasteiger partial charge is 0.144 e. The van der Waals surface area contributed by atoms with Crippen LogP contribution in [0.5, 0.6) is 0 Å². The first-order chi connectivity index (χ1) is 8.65. The molecule has 0 fully saturated rings. The van der Waals surface area contributed by atoms with Gasteiger partial charge in [-0.3, -0.25) is 9.88 Å². The van der Waals surface area contributed by atoms with Gasteiger partial charge in [0.25, 0.3) is 0 Å². The predicted molar refractivity (Wildman–Crippen MR) is 73.6 cm³/mol. The van der Waals surface area contributed by atoms with Crippen molar-refractivity contribution in [3.8, 4) is 0 Å². The van der Waals surface area contributed by atoms with Gasteiger partial charge in [-0.1, -0.05) is 13.8 Å². The molecule has 0 unspecified atom stereocenters. The van der Waals surface area contributed by atoms with Crippen molar-refractivity contribution in [2.75, 3.05) is 39.2 Å². The summed E-state index contributed by atoms with van der Waals surface area (Å²) < 4.78 is 5.14. The topological polar surface area (TPSA) is 50.3 Å². The first-order valence-electron chi connectivity index (χ1n) is 6.35. The number of nitrogens with zero attached hydrogens (tertiary/aromatic N) is 3. The minimum atomic E-state index is 0.631. The molecule has 1 aromatic heterocycles. The van der Waals surface area contributed by atoms with Crippen LogP contribution < -0.4 is 5.32 Å².